The first-order valence-electron chi connectivity index (χ1n) is 8.40. The number of benzene rings is 1. The van der Waals surface area contributed by atoms with Gasteiger partial charge >= 0.3 is 0 Å². The summed E-state index contributed by atoms with van der Waals surface area (Å²) in [5.41, 5.74) is 3.16. The Kier molecular flexibility index (Phi) is 6.06. The van der Waals surface area contributed by atoms with Crippen LogP contribution in [0.1, 0.15) is 37.7 Å². The topological polar surface area (TPSA) is 106 Å². The minimum absolute atomic E-state index is 0.151. The number of aryl methyl sites for hydroxylation is 2. The van der Waals surface area contributed by atoms with Crippen molar-refractivity contribution >= 4 is 29.0 Å². The molecule has 1 N–H and O–H groups in total. The van der Waals surface area contributed by atoms with E-state index in [9.17, 15) is 13.8 Å². The van der Waals surface area contributed by atoms with E-state index in [1.54, 1.807) is 37.4 Å². The number of pyridine rings is 1. The Hall–Kier alpha value is -3.90. The Labute approximate surface area is 170 Å². The number of carbonyl (C=O) groups excluding carboxylic acids is 2. The molecule has 29 heavy (non-hydrogen) atoms. The fourth-order valence-electron chi connectivity index (χ4n) is 2.55. The van der Waals surface area contributed by atoms with Crippen LogP contribution in [0.3, 0.4) is 0 Å². The predicted molar refractivity (Wildman–Crippen MR) is 107 cm³/mol. The molecule has 0 aliphatic rings. The fraction of sp³-hybridized carbons (Fsp3) is 0.100. The van der Waals surface area contributed by atoms with Crippen LogP contribution in [0, 0.1) is 18.8 Å². The average Bonchev–Trinajstić information content (AvgIpc) is 3.05. The third kappa shape index (κ3) is 5.09. The van der Waals surface area contributed by atoms with Gasteiger partial charge in [-0.3, -0.25) is 19.3 Å². The van der Waals surface area contributed by atoms with Gasteiger partial charge in [-0.25, -0.2) is 0 Å². The van der Waals surface area contributed by atoms with Crippen LogP contribution in [0.5, 0.6) is 0 Å². The summed E-state index contributed by atoms with van der Waals surface area (Å²) in [5.74, 6) is 4.94. The van der Waals surface area contributed by atoms with Crippen LogP contribution in [0.4, 0.5) is 5.69 Å². The second-order valence-corrected chi connectivity index (χ2v) is 6.34. The highest BCUT2D eigenvalue weighted by molar-refractivity contribution is 7.55. The van der Waals surface area contributed by atoms with Crippen LogP contribution in [-0.2, 0) is 18.5 Å². The van der Waals surface area contributed by atoms with Crippen LogP contribution in [0.15, 0.2) is 53.2 Å². The van der Waals surface area contributed by atoms with Crippen molar-refractivity contribution in [2.75, 3.05) is 5.32 Å². The summed E-state index contributed by atoms with van der Waals surface area (Å²) in [6.45, 7) is 1.82. The van der Waals surface area contributed by atoms with Gasteiger partial charge in [0.25, 0.3) is 11.8 Å². The smallest absolute Gasteiger partial charge is 0.291 e. The first-order valence-corrected chi connectivity index (χ1v) is 9.09. The van der Waals surface area contributed by atoms with Gasteiger partial charge < -0.3 is 5.32 Å². The van der Waals surface area contributed by atoms with E-state index in [4.69, 9.17) is 0 Å². The molecule has 8 nitrogen and oxygen atoms in total. The summed E-state index contributed by atoms with van der Waals surface area (Å²) < 4.78 is 15.1. The molecule has 0 bridgehead atoms. The molecule has 0 atom stereocenters. The summed E-state index contributed by atoms with van der Waals surface area (Å²) in [7, 11) is 1.71. The number of amides is 2. The molecule has 3 aromatic rings. The molecule has 0 aliphatic carbocycles. The molecule has 0 saturated carbocycles. The van der Waals surface area contributed by atoms with E-state index in [1.165, 1.54) is 23.1 Å². The molecule has 0 fully saturated rings. The highest BCUT2D eigenvalue weighted by Gasteiger charge is 2.12. The van der Waals surface area contributed by atoms with Crippen molar-refractivity contribution in [2.24, 2.45) is 11.4 Å². The number of nitrogens with zero attached hydrogens (tertiary/aromatic N) is 4. The summed E-state index contributed by atoms with van der Waals surface area (Å²) >= 11 is -0.151. The molecular formula is C20H15N5O3S. The molecule has 2 heterocycles. The van der Waals surface area contributed by atoms with Crippen LogP contribution in [0.2, 0.25) is 0 Å². The number of aromatic nitrogens is 3. The predicted octanol–water partition coefficient (Wildman–Crippen LogP) is 2.31. The molecule has 9 heteroatoms. The molecule has 0 spiro atoms. The van der Waals surface area contributed by atoms with E-state index in [1.807, 2.05) is 6.92 Å². The highest BCUT2D eigenvalue weighted by Crippen LogP contribution is 2.13. The van der Waals surface area contributed by atoms with Crippen molar-refractivity contribution in [3.63, 3.8) is 0 Å². The largest absolute Gasteiger partial charge is 0.321 e. The van der Waals surface area contributed by atoms with Gasteiger partial charge in [-0.2, -0.15) is 9.31 Å². The minimum Gasteiger partial charge on any atom is -0.321 e. The first-order chi connectivity index (χ1) is 14.0. The van der Waals surface area contributed by atoms with Gasteiger partial charge in [0.2, 0.25) is 11.5 Å². The van der Waals surface area contributed by atoms with E-state index < -0.39 is 5.91 Å². The first kappa shape index (κ1) is 19.9. The number of hydrogen-bond donors (Lipinski definition) is 1. The third-order valence-electron chi connectivity index (χ3n) is 3.81. The SMILES string of the molecule is Cc1cc(C(=O)Nc2cccc(C#Cc3cncc(C(=O)N=S=O)c3)c2)n(C)n1. The zero-order valence-electron chi connectivity index (χ0n) is 15.5. The van der Waals surface area contributed by atoms with Gasteiger partial charge in [-0.1, -0.05) is 17.9 Å². The Balaban J connectivity index is 1.78. The van der Waals surface area contributed by atoms with E-state index in [0.29, 0.717) is 22.5 Å². The highest BCUT2D eigenvalue weighted by atomic mass is 32.1. The number of rotatable bonds is 3. The maximum Gasteiger partial charge on any atom is 0.291 e. The maximum atomic E-state index is 12.4. The van der Waals surface area contributed by atoms with Gasteiger partial charge in [0.1, 0.15) is 5.69 Å². The Bertz CT molecular complexity index is 1220. The van der Waals surface area contributed by atoms with Crippen molar-refractivity contribution in [1.82, 2.24) is 14.8 Å². The van der Waals surface area contributed by atoms with E-state index in [2.05, 4.69) is 31.6 Å². The fourth-order valence-corrected chi connectivity index (χ4v) is 2.72. The maximum absolute atomic E-state index is 12.4. The molecule has 0 radical (unpaired) electrons. The van der Waals surface area contributed by atoms with E-state index in [-0.39, 0.29) is 22.9 Å². The molecule has 0 saturated heterocycles. The number of carbonyl (C=O) groups is 2. The second kappa shape index (κ2) is 8.86. The number of anilines is 1. The summed E-state index contributed by atoms with van der Waals surface area (Å²) in [6, 6.07) is 10.3. The lowest BCUT2D eigenvalue weighted by molar-refractivity contribution is 0.1000. The van der Waals surface area contributed by atoms with Crippen molar-refractivity contribution in [3.8, 4) is 11.8 Å². The molecule has 3 rings (SSSR count). The zero-order chi connectivity index (χ0) is 20.8. The van der Waals surface area contributed by atoms with Crippen LogP contribution in [-0.4, -0.2) is 30.8 Å². The lowest BCUT2D eigenvalue weighted by Crippen LogP contribution is -2.16. The normalized spacial score (nSPS) is 9.86. The molecule has 1 aromatic carbocycles. The van der Waals surface area contributed by atoms with E-state index in [0.717, 1.165) is 5.69 Å². The molecule has 0 aliphatic heterocycles. The van der Waals surface area contributed by atoms with Gasteiger partial charge in [0, 0.05) is 36.3 Å². The van der Waals surface area contributed by atoms with Gasteiger partial charge in [0.05, 0.1) is 11.3 Å². The van der Waals surface area contributed by atoms with Crippen molar-refractivity contribution in [1.29, 1.82) is 0 Å². The Morgan fingerprint density at radius 1 is 1.14 bits per heavy atom. The Morgan fingerprint density at radius 2 is 1.93 bits per heavy atom. The molecule has 2 aromatic heterocycles. The monoisotopic (exact) mass is 405 g/mol. The second-order valence-electron chi connectivity index (χ2n) is 6.01. The van der Waals surface area contributed by atoms with Crippen molar-refractivity contribution < 1.29 is 13.8 Å². The van der Waals surface area contributed by atoms with Crippen LogP contribution in [0.25, 0.3) is 0 Å². The van der Waals surface area contributed by atoms with Gasteiger partial charge in [0.15, 0.2) is 0 Å². The van der Waals surface area contributed by atoms with Gasteiger partial charge in [-0.15, -0.1) is 4.36 Å². The summed E-state index contributed by atoms with van der Waals surface area (Å²) in [5, 5.41) is 6.98. The number of nitrogens with one attached hydrogen (secondary N) is 1. The quantitative estimate of drug-likeness (QED) is 0.673. The minimum atomic E-state index is -0.656. The zero-order valence-corrected chi connectivity index (χ0v) is 16.4. The lowest BCUT2D eigenvalue weighted by Gasteiger charge is -2.05. The van der Waals surface area contributed by atoms with E-state index >= 15 is 0 Å². The molecule has 144 valence electrons. The summed E-state index contributed by atoms with van der Waals surface area (Å²) in [4.78, 5) is 28.0. The molecule has 2 amide bonds. The number of hydrogen-bond acceptors (Lipinski definition) is 5. The standard InChI is InChI=1S/C20H15N5O3S/c1-13-8-18(25(2)23-13)20(27)22-17-5-3-4-14(10-17)6-7-15-9-16(12-21-11-15)19(26)24-29-28/h3-5,8-12H,1-2H3,(H,22,27). The van der Waals surface area contributed by atoms with Gasteiger partial charge in [-0.05, 0) is 37.3 Å². The van der Waals surface area contributed by atoms with Crippen LogP contribution < -0.4 is 5.32 Å². The van der Waals surface area contributed by atoms with Crippen LogP contribution >= 0.6 is 0 Å². The molecular weight excluding hydrogens is 390 g/mol. The third-order valence-corrected chi connectivity index (χ3v) is 4.05. The van der Waals surface area contributed by atoms with Crippen molar-refractivity contribution in [2.45, 2.75) is 6.92 Å². The lowest BCUT2D eigenvalue weighted by atomic mass is 10.1. The Morgan fingerprint density at radius 3 is 2.66 bits per heavy atom. The average molecular weight is 405 g/mol. The molecule has 0 unspecified atom stereocenters. The summed E-state index contributed by atoms with van der Waals surface area (Å²) in [6.07, 6.45) is 2.83. The van der Waals surface area contributed by atoms with Crippen molar-refractivity contribution in [3.05, 3.63) is 76.9 Å².